The Morgan fingerprint density at radius 3 is 2.78 bits per heavy atom. The van der Waals surface area contributed by atoms with Gasteiger partial charge in [-0.15, -0.1) is 0 Å². The standard InChI is InChI=1S/C27H25N7O3/c1-16-23-19(18-8-9-20(21(12-18)36-2)37-11-10-17-6-4-3-5-7-17)13-22(35)32-26(23)34(33-16)27-24-25(29-14-28-24)30-15-31-27/h3-9,12,14-15,19H,10-11,13H2,1-2H3,(H,32,35)(H,28,29,30,31)/t19-/m0/s1. The van der Waals surface area contributed by atoms with E-state index >= 15 is 0 Å². The molecule has 0 radical (unpaired) electrons. The van der Waals surface area contributed by atoms with Crippen LogP contribution < -0.4 is 14.8 Å². The van der Waals surface area contributed by atoms with Crippen molar-refractivity contribution in [2.45, 2.75) is 25.7 Å². The first-order chi connectivity index (χ1) is 18.1. The number of hydrogen-bond donors (Lipinski definition) is 2. The molecular weight excluding hydrogens is 470 g/mol. The molecule has 0 unspecified atom stereocenters. The van der Waals surface area contributed by atoms with Gasteiger partial charge in [-0.2, -0.15) is 9.78 Å². The second-order valence-corrected chi connectivity index (χ2v) is 8.86. The third-order valence-electron chi connectivity index (χ3n) is 6.59. The van der Waals surface area contributed by atoms with Crippen molar-refractivity contribution in [2.75, 3.05) is 19.0 Å². The Bertz CT molecular complexity index is 1590. The number of nitrogens with zero attached hydrogens (tertiary/aromatic N) is 5. The number of methoxy groups -OCH3 is 1. The Morgan fingerprint density at radius 1 is 1.08 bits per heavy atom. The number of carbonyl (C=O) groups is 1. The third kappa shape index (κ3) is 4.16. The number of ether oxygens (including phenoxy) is 2. The number of anilines is 1. The number of imidazole rings is 1. The lowest BCUT2D eigenvalue weighted by Gasteiger charge is -2.25. The van der Waals surface area contributed by atoms with E-state index in [1.54, 1.807) is 18.1 Å². The molecule has 3 aromatic heterocycles. The molecule has 6 rings (SSSR count). The number of aromatic amines is 1. The average Bonchev–Trinajstić information content (AvgIpc) is 3.53. The second kappa shape index (κ2) is 9.38. The lowest BCUT2D eigenvalue weighted by molar-refractivity contribution is -0.116. The molecule has 0 bridgehead atoms. The number of rotatable bonds is 7. The van der Waals surface area contributed by atoms with Crippen molar-refractivity contribution < 1.29 is 14.3 Å². The first kappa shape index (κ1) is 22.7. The predicted molar refractivity (Wildman–Crippen MR) is 137 cm³/mol. The van der Waals surface area contributed by atoms with Gasteiger partial charge in [-0.05, 0) is 30.2 Å². The van der Waals surface area contributed by atoms with Crippen molar-refractivity contribution in [2.24, 2.45) is 0 Å². The summed E-state index contributed by atoms with van der Waals surface area (Å²) in [5, 5.41) is 7.74. The van der Waals surface area contributed by atoms with Gasteiger partial charge in [0.25, 0.3) is 0 Å². The van der Waals surface area contributed by atoms with Gasteiger partial charge in [0.2, 0.25) is 5.91 Å². The lowest BCUT2D eigenvalue weighted by Crippen LogP contribution is -2.25. The molecule has 4 heterocycles. The van der Waals surface area contributed by atoms with E-state index in [0.717, 1.165) is 23.2 Å². The van der Waals surface area contributed by atoms with E-state index in [4.69, 9.17) is 14.6 Å². The molecule has 5 aromatic rings. The molecular formula is C27H25N7O3. The fourth-order valence-electron chi connectivity index (χ4n) is 4.84. The summed E-state index contributed by atoms with van der Waals surface area (Å²) in [5.41, 5.74) is 5.06. The van der Waals surface area contributed by atoms with Gasteiger partial charge in [0.1, 0.15) is 17.7 Å². The van der Waals surface area contributed by atoms with E-state index in [-0.39, 0.29) is 11.8 Å². The zero-order chi connectivity index (χ0) is 25.4. The monoisotopic (exact) mass is 495 g/mol. The van der Waals surface area contributed by atoms with Crippen molar-refractivity contribution in [3.63, 3.8) is 0 Å². The number of fused-ring (bicyclic) bond motifs is 2. The molecule has 10 nitrogen and oxygen atoms in total. The smallest absolute Gasteiger partial charge is 0.226 e. The molecule has 1 aliphatic rings. The Labute approximate surface area is 212 Å². The molecule has 1 atom stereocenters. The molecule has 186 valence electrons. The largest absolute Gasteiger partial charge is 0.493 e. The number of carbonyl (C=O) groups excluding carboxylic acids is 1. The summed E-state index contributed by atoms with van der Waals surface area (Å²) in [6.07, 6.45) is 4.08. The third-order valence-corrected chi connectivity index (χ3v) is 6.59. The molecule has 1 aliphatic heterocycles. The summed E-state index contributed by atoms with van der Waals surface area (Å²) in [5.74, 6) is 2.10. The minimum absolute atomic E-state index is 0.101. The van der Waals surface area contributed by atoms with Crippen LogP contribution >= 0.6 is 0 Å². The number of nitrogens with one attached hydrogen (secondary N) is 2. The molecule has 1 amide bonds. The minimum atomic E-state index is -0.205. The fraction of sp³-hybridized carbons (Fsp3) is 0.222. The van der Waals surface area contributed by atoms with Gasteiger partial charge in [0.05, 0.1) is 25.7 Å². The maximum atomic E-state index is 12.9. The highest BCUT2D eigenvalue weighted by atomic mass is 16.5. The summed E-state index contributed by atoms with van der Waals surface area (Å²) in [7, 11) is 1.62. The number of benzene rings is 2. The first-order valence-electron chi connectivity index (χ1n) is 12.0. The van der Waals surface area contributed by atoms with Crippen LogP contribution in [0.5, 0.6) is 11.5 Å². The van der Waals surface area contributed by atoms with Crippen LogP contribution in [0.2, 0.25) is 0 Å². The summed E-state index contributed by atoms with van der Waals surface area (Å²) < 4.78 is 13.4. The molecule has 2 N–H and O–H groups in total. The highest BCUT2D eigenvalue weighted by molar-refractivity contribution is 5.95. The van der Waals surface area contributed by atoms with Crippen molar-refractivity contribution >= 4 is 22.9 Å². The van der Waals surface area contributed by atoms with Crippen LogP contribution in [0.4, 0.5) is 5.82 Å². The molecule has 10 heteroatoms. The van der Waals surface area contributed by atoms with Crippen LogP contribution in [0.25, 0.3) is 17.0 Å². The average molecular weight is 496 g/mol. The van der Waals surface area contributed by atoms with Gasteiger partial charge in [0, 0.05) is 24.3 Å². The summed E-state index contributed by atoms with van der Waals surface area (Å²) in [6, 6.07) is 16.0. The van der Waals surface area contributed by atoms with Crippen LogP contribution in [0.3, 0.4) is 0 Å². The highest BCUT2D eigenvalue weighted by Crippen LogP contribution is 2.42. The number of aromatic nitrogens is 6. The van der Waals surface area contributed by atoms with E-state index in [1.807, 2.05) is 43.3 Å². The van der Waals surface area contributed by atoms with Gasteiger partial charge in [-0.1, -0.05) is 36.4 Å². The molecule has 0 aliphatic carbocycles. The summed E-state index contributed by atoms with van der Waals surface area (Å²) in [4.78, 5) is 28.7. The fourth-order valence-corrected chi connectivity index (χ4v) is 4.84. The van der Waals surface area contributed by atoms with E-state index in [2.05, 4.69) is 37.4 Å². The second-order valence-electron chi connectivity index (χ2n) is 8.86. The van der Waals surface area contributed by atoms with Crippen molar-refractivity contribution in [3.8, 4) is 17.3 Å². The molecule has 37 heavy (non-hydrogen) atoms. The maximum Gasteiger partial charge on any atom is 0.226 e. The van der Waals surface area contributed by atoms with E-state index < -0.39 is 0 Å². The van der Waals surface area contributed by atoms with Gasteiger partial charge < -0.3 is 19.8 Å². The molecule has 0 spiro atoms. The Kier molecular flexibility index (Phi) is 5.76. The predicted octanol–water partition coefficient (Wildman–Crippen LogP) is 3.95. The van der Waals surface area contributed by atoms with E-state index in [0.29, 0.717) is 47.3 Å². The zero-order valence-corrected chi connectivity index (χ0v) is 20.4. The molecule has 2 aromatic carbocycles. The van der Waals surface area contributed by atoms with E-state index in [9.17, 15) is 4.79 Å². The van der Waals surface area contributed by atoms with Crippen LogP contribution in [0, 0.1) is 6.92 Å². The van der Waals surface area contributed by atoms with Gasteiger partial charge in [-0.25, -0.2) is 15.0 Å². The number of aryl methyl sites for hydroxylation is 1. The topological polar surface area (TPSA) is 120 Å². The Balaban J connectivity index is 1.33. The quantitative estimate of drug-likeness (QED) is 0.351. The summed E-state index contributed by atoms with van der Waals surface area (Å²) in [6.45, 7) is 2.46. The molecule has 0 saturated carbocycles. The van der Waals surface area contributed by atoms with Gasteiger partial charge in [0.15, 0.2) is 23.0 Å². The highest BCUT2D eigenvalue weighted by Gasteiger charge is 2.34. The molecule has 0 saturated heterocycles. The van der Waals surface area contributed by atoms with Crippen molar-refractivity contribution in [3.05, 3.63) is 83.6 Å². The van der Waals surface area contributed by atoms with Crippen LogP contribution in [-0.4, -0.2) is 49.3 Å². The lowest BCUT2D eigenvalue weighted by atomic mass is 9.85. The van der Waals surface area contributed by atoms with Gasteiger partial charge in [-0.3, -0.25) is 4.79 Å². The first-order valence-corrected chi connectivity index (χ1v) is 12.0. The van der Waals surface area contributed by atoms with Crippen LogP contribution in [0.1, 0.15) is 34.7 Å². The maximum absolute atomic E-state index is 12.9. The van der Waals surface area contributed by atoms with Crippen LogP contribution in [0.15, 0.2) is 61.2 Å². The number of amides is 1. The number of hydrogen-bond acceptors (Lipinski definition) is 7. The van der Waals surface area contributed by atoms with Crippen molar-refractivity contribution in [1.82, 2.24) is 29.7 Å². The number of H-pyrrole nitrogens is 1. The SMILES string of the molecule is COc1cc([C@@H]2CC(=O)Nc3c2c(C)nn3-c2ncnc3nc[nH]c23)ccc1OCCc1ccccc1. The van der Waals surface area contributed by atoms with Crippen molar-refractivity contribution in [1.29, 1.82) is 0 Å². The summed E-state index contributed by atoms with van der Waals surface area (Å²) >= 11 is 0. The van der Waals surface area contributed by atoms with E-state index in [1.165, 1.54) is 11.9 Å². The Hall–Kier alpha value is -4.73. The molecule has 0 fully saturated rings. The minimum Gasteiger partial charge on any atom is -0.493 e. The Morgan fingerprint density at radius 2 is 1.95 bits per heavy atom. The zero-order valence-electron chi connectivity index (χ0n) is 20.4. The normalized spacial score (nSPS) is 14.9. The van der Waals surface area contributed by atoms with Crippen LogP contribution in [-0.2, 0) is 11.2 Å². The van der Waals surface area contributed by atoms with Gasteiger partial charge >= 0.3 is 0 Å².